The molecule has 0 aromatic heterocycles. The van der Waals surface area contributed by atoms with Crippen LogP contribution in [0.5, 0.6) is 5.75 Å². The van der Waals surface area contributed by atoms with Crippen molar-refractivity contribution in [3.8, 4) is 5.75 Å². The molecule has 0 aliphatic carbocycles. The van der Waals surface area contributed by atoms with Gasteiger partial charge in [0.1, 0.15) is 5.75 Å². The number of phenolic OH excluding ortho intramolecular Hbond substituents is 1. The molecule has 0 saturated carbocycles. The van der Waals surface area contributed by atoms with E-state index in [-0.39, 0.29) is 10.5 Å². The minimum atomic E-state index is -4.47. The topological polar surface area (TPSA) is 37.3 Å². The molecule has 0 unspecified atom stereocenters. The van der Waals surface area contributed by atoms with E-state index in [2.05, 4.69) is 0 Å². The van der Waals surface area contributed by atoms with E-state index in [4.69, 9.17) is 0 Å². The lowest BCUT2D eigenvalue weighted by atomic mass is 10.2. The van der Waals surface area contributed by atoms with Crippen LogP contribution in [0, 0.1) is 0 Å². The number of hydrogen-bond donors (Lipinski definition) is 1. The number of phenols is 1. The van der Waals surface area contributed by atoms with Gasteiger partial charge < -0.3 is 5.11 Å². The van der Waals surface area contributed by atoms with E-state index in [1.165, 1.54) is 12.1 Å². The van der Waals surface area contributed by atoms with Gasteiger partial charge in [0.05, 0.1) is 10.5 Å². The molecule has 0 bridgehead atoms. The van der Waals surface area contributed by atoms with Crippen LogP contribution < -0.4 is 0 Å². The summed E-state index contributed by atoms with van der Waals surface area (Å²) in [5.41, 5.74) is -4.63. The fraction of sp³-hybridized carbons (Fsp3) is 0.125. The van der Waals surface area contributed by atoms with Crippen molar-refractivity contribution in [1.82, 2.24) is 0 Å². The molecule has 0 fully saturated rings. The maximum atomic E-state index is 11.9. The lowest BCUT2D eigenvalue weighted by Crippen LogP contribution is -1.99. The highest BCUT2D eigenvalue weighted by molar-refractivity contribution is 8.00. The molecular weight excluding hydrogens is 217 g/mol. The second kappa shape index (κ2) is 3.91. The van der Waals surface area contributed by atoms with E-state index in [1.807, 2.05) is 0 Å². The van der Waals surface area contributed by atoms with Crippen LogP contribution in [0.4, 0.5) is 13.2 Å². The Morgan fingerprint density at radius 2 is 2.00 bits per heavy atom. The summed E-state index contributed by atoms with van der Waals surface area (Å²) in [6.45, 7) is 0. The molecule has 1 N–H and O–H groups in total. The minimum Gasteiger partial charge on any atom is -0.506 e. The first-order chi connectivity index (χ1) is 6.44. The summed E-state index contributed by atoms with van der Waals surface area (Å²) in [5, 5.41) is 9.20. The first kappa shape index (κ1) is 10.9. The number of halogens is 3. The largest absolute Gasteiger partial charge is 0.506 e. The average Bonchev–Trinajstić information content (AvgIpc) is 2.06. The van der Waals surface area contributed by atoms with Crippen molar-refractivity contribution in [2.75, 3.05) is 0 Å². The first-order valence-corrected chi connectivity index (χ1v) is 4.28. The second-order valence-corrected chi connectivity index (χ2v) is 3.47. The Morgan fingerprint density at radius 1 is 1.36 bits per heavy atom. The van der Waals surface area contributed by atoms with Crippen LogP contribution in [0.25, 0.3) is 0 Å². The van der Waals surface area contributed by atoms with Gasteiger partial charge in [-0.25, -0.2) is 0 Å². The molecule has 1 aromatic carbocycles. The standard InChI is InChI=1S/C8H5F3O2S/c9-8(10,11)14-6-3-1-2-5(4-12)7(6)13/h1-4,13H. The molecule has 0 aliphatic heterocycles. The van der Waals surface area contributed by atoms with E-state index in [9.17, 15) is 23.1 Å². The van der Waals surface area contributed by atoms with Crippen LogP contribution in [0.15, 0.2) is 23.1 Å². The van der Waals surface area contributed by atoms with Gasteiger partial charge in [-0.15, -0.1) is 0 Å². The maximum absolute atomic E-state index is 11.9. The Morgan fingerprint density at radius 3 is 2.50 bits per heavy atom. The molecule has 0 radical (unpaired) electrons. The smallest absolute Gasteiger partial charge is 0.446 e. The summed E-state index contributed by atoms with van der Waals surface area (Å²) in [6.07, 6.45) is 0.301. The number of rotatable bonds is 2. The molecule has 0 amide bonds. The highest BCUT2D eigenvalue weighted by Crippen LogP contribution is 2.41. The number of hydrogen-bond acceptors (Lipinski definition) is 3. The molecule has 0 saturated heterocycles. The van der Waals surface area contributed by atoms with Crippen LogP contribution >= 0.6 is 11.8 Å². The van der Waals surface area contributed by atoms with Crippen molar-refractivity contribution < 1.29 is 23.1 Å². The van der Waals surface area contributed by atoms with Gasteiger partial charge in [-0.3, -0.25) is 4.79 Å². The molecule has 6 heteroatoms. The van der Waals surface area contributed by atoms with Gasteiger partial charge in [0.15, 0.2) is 6.29 Å². The van der Waals surface area contributed by atoms with Crippen LogP contribution in [-0.4, -0.2) is 16.9 Å². The van der Waals surface area contributed by atoms with Gasteiger partial charge in [-0.05, 0) is 23.9 Å². The van der Waals surface area contributed by atoms with Crippen LogP contribution in [0.3, 0.4) is 0 Å². The molecule has 0 atom stereocenters. The summed E-state index contributed by atoms with van der Waals surface area (Å²) >= 11 is -0.452. The lowest BCUT2D eigenvalue weighted by Gasteiger charge is -2.07. The lowest BCUT2D eigenvalue weighted by molar-refractivity contribution is -0.0329. The quantitative estimate of drug-likeness (QED) is 0.617. The fourth-order valence-electron chi connectivity index (χ4n) is 0.841. The molecule has 1 aromatic rings. The van der Waals surface area contributed by atoms with Crippen LogP contribution in [-0.2, 0) is 0 Å². The summed E-state index contributed by atoms with van der Waals surface area (Å²) in [6, 6.07) is 3.61. The highest BCUT2D eigenvalue weighted by Gasteiger charge is 2.30. The monoisotopic (exact) mass is 222 g/mol. The molecule has 0 aliphatic rings. The number of aromatic hydroxyl groups is 1. The van der Waals surface area contributed by atoms with Crippen molar-refractivity contribution >= 4 is 18.0 Å². The summed E-state index contributed by atoms with van der Waals surface area (Å²) in [5.74, 6) is -0.634. The van der Waals surface area contributed by atoms with Crippen LogP contribution in [0.2, 0.25) is 0 Å². The normalized spacial score (nSPS) is 11.4. The van der Waals surface area contributed by atoms with Crippen molar-refractivity contribution in [3.05, 3.63) is 23.8 Å². The van der Waals surface area contributed by atoms with E-state index in [0.29, 0.717) is 6.29 Å². The Hall–Kier alpha value is -1.17. The number of aldehydes is 1. The average molecular weight is 222 g/mol. The van der Waals surface area contributed by atoms with Crippen molar-refractivity contribution in [1.29, 1.82) is 0 Å². The molecular formula is C8H5F3O2S. The highest BCUT2D eigenvalue weighted by atomic mass is 32.2. The van der Waals surface area contributed by atoms with Gasteiger partial charge in [-0.1, -0.05) is 6.07 Å². The van der Waals surface area contributed by atoms with Crippen LogP contribution in [0.1, 0.15) is 10.4 Å². The van der Waals surface area contributed by atoms with Gasteiger partial charge in [-0.2, -0.15) is 13.2 Å². The number of carbonyl (C=O) groups is 1. The fourth-order valence-corrected chi connectivity index (χ4v) is 1.45. The van der Waals surface area contributed by atoms with Crippen molar-refractivity contribution in [3.63, 3.8) is 0 Å². The van der Waals surface area contributed by atoms with Gasteiger partial charge in [0.2, 0.25) is 0 Å². The second-order valence-electron chi connectivity index (χ2n) is 2.36. The maximum Gasteiger partial charge on any atom is 0.446 e. The summed E-state index contributed by atoms with van der Waals surface area (Å²) < 4.78 is 35.8. The van der Waals surface area contributed by atoms with E-state index < -0.39 is 23.0 Å². The number of alkyl halides is 3. The molecule has 1 rings (SSSR count). The summed E-state index contributed by atoms with van der Waals surface area (Å²) in [7, 11) is 0. The van der Waals surface area contributed by atoms with Crippen molar-refractivity contribution in [2.45, 2.75) is 10.4 Å². The Labute approximate surface area is 81.7 Å². The predicted molar refractivity (Wildman–Crippen MR) is 45.4 cm³/mol. The van der Waals surface area contributed by atoms with E-state index in [1.54, 1.807) is 0 Å². The third-order valence-electron chi connectivity index (χ3n) is 1.38. The molecule has 2 nitrogen and oxygen atoms in total. The first-order valence-electron chi connectivity index (χ1n) is 3.47. The van der Waals surface area contributed by atoms with E-state index >= 15 is 0 Å². The minimum absolute atomic E-state index is 0.153. The molecule has 0 spiro atoms. The zero-order valence-electron chi connectivity index (χ0n) is 6.71. The summed E-state index contributed by atoms with van der Waals surface area (Å²) in [4.78, 5) is 9.92. The van der Waals surface area contributed by atoms with Gasteiger partial charge in [0, 0.05) is 0 Å². The molecule has 14 heavy (non-hydrogen) atoms. The molecule has 0 heterocycles. The van der Waals surface area contributed by atoms with Gasteiger partial charge in [0.25, 0.3) is 0 Å². The molecule has 76 valence electrons. The Bertz CT molecular complexity index is 349. The number of thioether (sulfide) groups is 1. The van der Waals surface area contributed by atoms with Crippen molar-refractivity contribution in [2.24, 2.45) is 0 Å². The third-order valence-corrected chi connectivity index (χ3v) is 2.16. The Balaban J connectivity index is 3.04. The zero-order valence-corrected chi connectivity index (χ0v) is 7.52. The number of para-hydroxylation sites is 1. The number of benzene rings is 1. The Kier molecular flexibility index (Phi) is 3.05. The third kappa shape index (κ3) is 2.66. The predicted octanol–water partition coefficient (Wildman–Crippen LogP) is 2.82. The zero-order chi connectivity index (χ0) is 10.8. The SMILES string of the molecule is O=Cc1cccc(SC(F)(F)F)c1O. The van der Waals surface area contributed by atoms with E-state index in [0.717, 1.165) is 6.07 Å². The van der Waals surface area contributed by atoms with Gasteiger partial charge >= 0.3 is 5.51 Å². The number of carbonyl (C=O) groups excluding carboxylic acids is 1.